The van der Waals surface area contributed by atoms with Crippen molar-refractivity contribution in [3.05, 3.63) is 68.7 Å². The molecule has 3 nitrogen and oxygen atoms in total. The minimum absolute atomic E-state index is 0.259. The first-order valence-corrected chi connectivity index (χ1v) is 7.75. The molecule has 0 spiro atoms. The van der Waals surface area contributed by atoms with Crippen molar-refractivity contribution in [1.82, 2.24) is 5.32 Å². The number of benzene rings is 2. The molecule has 1 aliphatic rings. The highest BCUT2D eigenvalue weighted by molar-refractivity contribution is 9.10. The van der Waals surface area contributed by atoms with Gasteiger partial charge in [-0.05, 0) is 45.3 Å². The summed E-state index contributed by atoms with van der Waals surface area (Å²) in [5, 5.41) is 13.6. The smallest absolute Gasteiger partial charge is 0.253 e. The lowest BCUT2D eigenvalue weighted by Gasteiger charge is -2.18. The van der Waals surface area contributed by atoms with Crippen LogP contribution in [0.3, 0.4) is 0 Å². The molecule has 2 N–H and O–H groups in total. The summed E-state index contributed by atoms with van der Waals surface area (Å²) in [6.45, 7) is 0. The van der Waals surface area contributed by atoms with E-state index in [1.54, 1.807) is 18.2 Å². The van der Waals surface area contributed by atoms with Gasteiger partial charge in [-0.25, -0.2) is 0 Å². The van der Waals surface area contributed by atoms with E-state index < -0.39 is 6.10 Å². The number of aliphatic hydroxyl groups is 1. The van der Waals surface area contributed by atoms with Crippen LogP contribution in [0.1, 0.15) is 27.5 Å². The van der Waals surface area contributed by atoms with Crippen LogP contribution in [0.4, 0.5) is 0 Å². The van der Waals surface area contributed by atoms with Gasteiger partial charge in [0, 0.05) is 15.9 Å². The molecule has 1 aliphatic carbocycles. The van der Waals surface area contributed by atoms with Crippen LogP contribution in [0.25, 0.3) is 0 Å². The van der Waals surface area contributed by atoms with Crippen LogP contribution in [0.2, 0.25) is 5.02 Å². The van der Waals surface area contributed by atoms with Gasteiger partial charge in [-0.1, -0.05) is 35.9 Å². The highest BCUT2D eigenvalue weighted by atomic mass is 79.9. The highest BCUT2D eigenvalue weighted by Gasteiger charge is 2.32. The van der Waals surface area contributed by atoms with E-state index in [0.717, 1.165) is 11.1 Å². The number of hydrogen-bond donors (Lipinski definition) is 2. The first kappa shape index (κ1) is 14.6. The van der Waals surface area contributed by atoms with Crippen molar-refractivity contribution in [3.63, 3.8) is 0 Å². The molecule has 0 heterocycles. The second-order valence-corrected chi connectivity index (χ2v) is 6.34. The van der Waals surface area contributed by atoms with Crippen molar-refractivity contribution in [1.29, 1.82) is 0 Å². The molecule has 0 unspecified atom stereocenters. The third-order valence-electron chi connectivity index (χ3n) is 3.66. The fourth-order valence-corrected chi connectivity index (χ4v) is 3.24. The molecule has 5 heteroatoms. The standard InChI is InChI=1S/C16H13BrClNO2/c17-13-6-5-10(18)8-12(13)16(21)19-15-11-4-2-1-3-9(11)7-14(15)20/h1-6,8,14-15,20H,7H2,(H,19,21)/t14-,15+/m0/s1. The topological polar surface area (TPSA) is 49.3 Å². The monoisotopic (exact) mass is 365 g/mol. The number of fused-ring (bicyclic) bond motifs is 1. The molecule has 0 saturated carbocycles. The molecule has 1 amide bonds. The fraction of sp³-hybridized carbons (Fsp3) is 0.188. The molecule has 0 aliphatic heterocycles. The van der Waals surface area contributed by atoms with Gasteiger partial charge in [-0.2, -0.15) is 0 Å². The van der Waals surface area contributed by atoms with Gasteiger partial charge in [0.25, 0.3) is 5.91 Å². The number of rotatable bonds is 2. The minimum atomic E-state index is -0.607. The molecule has 108 valence electrons. The Morgan fingerprint density at radius 2 is 2.05 bits per heavy atom. The van der Waals surface area contributed by atoms with Crippen LogP contribution < -0.4 is 5.32 Å². The normalized spacial score (nSPS) is 20.1. The number of carbonyl (C=O) groups is 1. The summed E-state index contributed by atoms with van der Waals surface area (Å²) in [6.07, 6.45) is -0.0537. The Kier molecular flexibility index (Phi) is 4.02. The van der Waals surface area contributed by atoms with E-state index >= 15 is 0 Å². The number of carbonyl (C=O) groups excluding carboxylic acids is 1. The first-order chi connectivity index (χ1) is 10.1. The lowest BCUT2D eigenvalue weighted by molar-refractivity contribution is 0.0857. The van der Waals surface area contributed by atoms with Crippen molar-refractivity contribution in [2.45, 2.75) is 18.6 Å². The maximum absolute atomic E-state index is 12.4. The second kappa shape index (κ2) is 5.79. The average Bonchev–Trinajstić information content (AvgIpc) is 2.78. The molecular formula is C16H13BrClNO2. The Balaban J connectivity index is 1.87. The maximum atomic E-state index is 12.4. The zero-order valence-electron chi connectivity index (χ0n) is 11.0. The maximum Gasteiger partial charge on any atom is 0.253 e. The van der Waals surface area contributed by atoms with Gasteiger partial charge < -0.3 is 10.4 Å². The fourth-order valence-electron chi connectivity index (χ4n) is 2.64. The van der Waals surface area contributed by atoms with E-state index in [2.05, 4.69) is 21.2 Å². The second-order valence-electron chi connectivity index (χ2n) is 5.05. The van der Waals surface area contributed by atoms with Gasteiger partial charge in [-0.3, -0.25) is 4.79 Å². The van der Waals surface area contributed by atoms with Crippen molar-refractivity contribution >= 4 is 33.4 Å². The Hall–Kier alpha value is -1.36. The van der Waals surface area contributed by atoms with Gasteiger partial charge in [0.2, 0.25) is 0 Å². The summed E-state index contributed by atoms with van der Waals surface area (Å²) < 4.78 is 0.671. The molecule has 0 aromatic heterocycles. The molecule has 2 aromatic carbocycles. The summed E-state index contributed by atoms with van der Waals surface area (Å²) in [5.41, 5.74) is 2.50. The van der Waals surface area contributed by atoms with Crippen LogP contribution in [-0.2, 0) is 6.42 Å². The summed E-state index contributed by atoms with van der Waals surface area (Å²) >= 11 is 9.28. The molecule has 0 radical (unpaired) electrons. The predicted molar refractivity (Wildman–Crippen MR) is 85.5 cm³/mol. The first-order valence-electron chi connectivity index (χ1n) is 6.58. The number of aliphatic hydroxyl groups excluding tert-OH is 1. The van der Waals surface area contributed by atoms with E-state index in [1.807, 2.05) is 24.3 Å². The van der Waals surface area contributed by atoms with E-state index in [1.165, 1.54) is 0 Å². The Bertz CT molecular complexity index is 704. The van der Waals surface area contributed by atoms with E-state index in [9.17, 15) is 9.90 Å². The third kappa shape index (κ3) is 2.84. The van der Waals surface area contributed by atoms with Crippen LogP contribution in [0.15, 0.2) is 46.9 Å². The Morgan fingerprint density at radius 3 is 2.86 bits per heavy atom. The Morgan fingerprint density at radius 1 is 1.29 bits per heavy atom. The van der Waals surface area contributed by atoms with Crippen LogP contribution in [-0.4, -0.2) is 17.1 Å². The van der Waals surface area contributed by atoms with Gasteiger partial charge in [0.1, 0.15) is 0 Å². The summed E-state index contributed by atoms with van der Waals surface area (Å²) in [4.78, 5) is 12.4. The molecule has 0 bridgehead atoms. The molecular weight excluding hydrogens is 354 g/mol. The molecule has 2 atom stereocenters. The van der Waals surface area contributed by atoms with E-state index in [4.69, 9.17) is 11.6 Å². The van der Waals surface area contributed by atoms with Gasteiger partial charge in [0.15, 0.2) is 0 Å². The molecule has 21 heavy (non-hydrogen) atoms. The lowest BCUT2D eigenvalue weighted by atomic mass is 10.1. The SMILES string of the molecule is O=C(N[C@@H]1c2ccccc2C[C@@H]1O)c1cc(Cl)ccc1Br. The zero-order valence-corrected chi connectivity index (χ0v) is 13.4. The average molecular weight is 367 g/mol. The molecule has 3 rings (SSSR count). The largest absolute Gasteiger partial charge is 0.390 e. The summed E-state index contributed by atoms with van der Waals surface area (Å²) in [6, 6.07) is 12.4. The number of amides is 1. The van der Waals surface area contributed by atoms with Crippen molar-refractivity contribution < 1.29 is 9.90 Å². The molecule has 0 saturated heterocycles. The highest BCUT2D eigenvalue weighted by Crippen LogP contribution is 2.32. The predicted octanol–water partition coefficient (Wildman–Crippen LogP) is 3.49. The quantitative estimate of drug-likeness (QED) is 0.855. The van der Waals surface area contributed by atoms with Gasteiger partial charge >= 0.3 is 0 Å². The van der Waals surface area contributed by atoms with Crippen molar-refractivity contribution in [2.24, 2.45) is 0 Å². The lowest BCUT2D eigenvalue weighted by Crippen LogP contribution is -2.34. The number of halogens is 2. The number of nitrogens with one attached hydrogen (secondary N) is 1. The van der Waals surface area contributed by atoms with Crippen LogP contribution in [0.5, 0.6) is 0 Å². The molecule has 0 fully saturated rings. The minimum Gasteiger partial charge on any atom is -0.390 e. The van der Waals surface area contributed by atoms with Crippen molar-refractivity contribution in [3.8, 4) is 0 Å². The zero-order chi connectivity index (χ0) is 15.0. The Labute approximate surface area is 136 Å². The van der Waals surface area contributed by atoms with E-state index in [-0.39, 0.29) is 11.9 Å². The summed E-state index contributed by atoms with van der Waals surface area (Å²) in [7, 11) is 0. The van der Waals surface area contributed by atoms with Gasteiger partial charge in [0.05, 0.1) is 17.7 Å². The van der Waals surface area contributed by atoms with E-state index in [0.29, 0.717) is 21.5 Å². The third-order valence-corrected chi connectivity index (χ3v) is 4.59. The van der Waals surface area contributed by atoms with Gasteiger partial charge in [-0.15, -0.1) is 0 Å². The molecule has 2 aromatic rings. The summed E-state index contributed by atoms with van der Waals surface area (Å²) in [5.74, 6) is -0.259. The number of hydrogen-bond acceptors (Lipinski definition) is 2. The van der Waals surface area contributed by atoms with Crippen LogP contribution in [0, 0.1) is 0 Å². The van der Waals surface area contributed by atoms with Crippen LogP contribution >= 0.6 is 27.5 Å². The van der Waals surface area contributed by atoms with Crippen molar-refractivity contribution in [2.75, 3.05) is 0 Å².